The average molecular weight is 657 g/mol. The summed E-state index contributed by atoms with van der Waals surface area (Å²) in [5.74, 6) is 0.731. The summed E-state index contributed by atoms with van der Waals surface area (Å²) >= 11 is 0. The van der Waals surface area contributed by atoms with Gasteiger partial charge >= 0.3 is 0 Å². The quantitative estimate of drug-likeness (QED) is 0.0743. The molecule has 0 amide bonds. The molecular formula is C41H72O4Si. The van der Waals surface area contributed by atoms with Gasteiger partial charge < -0.3 is 13.9 Å². The van der Waals surface area contributed by atoms with E-state index in [1.165, 1.54) is 5.57 Å². The second kappa shape index (κ2) is 20.7. The maximum absolute atomic E-state index is 13.8. The van der Waals surface area contributed by atoms with E-state index in [2.05, 4.69) is 133 Å². The van der Waals surface area contributed by atoms with E-state index in [0.29, 0.717) is 28.5 Å². The van der Waals surface area contributed by atoms with Crippen molar-refractivity contribution in [3.8, 4) is 0 Å². The summed E-state index contributed by atoms with van der Waals surface area (Å²) in [6, 6.07) is 0. The molecule has 46 heavy (non-hydrogen) atoms. The molecule has 1 heterocycles. The Morgan fingerprint density at radius 3 is 2.04 bits per heavy atom. The monoisotopic (exact) mass is 657 g/mol. The van der Waals surface area contributed by atoms with Crippen LogP contribution in [0, 0.1) is 23.7 Å². The van der Waals surface area contributed by atoms with Gasteiger partial charge in [-0.25, -0.2) is 0 Å². The molecule has 5 heteroatoms. The molecule has 0 fully saturated rings. The number of allylic oxidation sites excluding steroid dienone is 7. The van der Waals surface area contributed by atoms with Crippen LogP contribution in [-0.2, 0) is 18.7 Å². The van der Waals surface area contributed by atoms with Crippen molar-refractivity contribution < 1.29 is 18.7 Å². The fourth-order valence-electron chi connectivity index (χ4n) is 7.19. The van der Waals surface area contributed by atoms with Gasteiger partial charge in [0.1, 0.15) is 5.78 Å². The van der Waals surface area contributed by atoms with Crippen molar-refractivity contribution in [1.29, 1.82) is 0 Å². The highest BCUT2D eigenvalue weighted by Crippen LogP contribution is 2.45. The number of rotatable bonds is 20. The zero-order valence-electron chi connectivity index (χ0n) is 32.4. The molecule has 0 spiro atoms. The Morgan fingerprint density at radius 2 is 1.52 bits per heavy atom. The molecule has 1 aliphatic heterocycles. The van der Waals surface area contributed by atoms with E-state index in [1.54, 1.807) is 0 Å². The molecule has 264 valence electrons. The Bertz CT molecular complexity index is 1020. The standard InChI is InChI=1S/C41H72O4Si/c1-16-34(13)41(45-46(29(5)6,30(7)8)31(9)10)36(15)40(42)35(14)26-32(11)20-18-21-33(12)27-37(17-2)24-25-38-22-19-23-39(44-38)43-28(3)4/h18-20,23-31,33-36,38-39,41H,16-17,21-22H2,1-15H3/b20-18+,25-24+,32-26+,37-27-/t33-,34+,35-,36-,38-,39?,41-/m1/s1. The second-order valence-corrected chi connectivity index (χ2v) is 20.5. The van der Waals surface area contributed by atoms with E-state index in [1.807, 2.05) is 19.9 Å². The van der Waals surface area contributed by atoms with E-state index in [-0.39, 0.29) is 42.2 Å². The molecule has 0 aliphatic carbocycles. The summed E-state index contributed by atoms with van der Waals surface area (Å²) in [6.07, 6.45) is 21.1. The first kappa shape index (κ1) is 42.5. The topological polar surface area (TPSA) is 44.8 Å². The first-order valence-corrected chi connectivity index (χ1v) is 20.6. The molecule has 0 N–H and O–H groups in total. The van der Waals surface area contributed by atoms with Crippen molar-refractivity contribution in [3.63, 3.8) is 0 Å². The van der Waals surface area contributed by atoms with Crippen LogP contribution in [0.5, 0.6) is 0 Å². The Kier molecular flexibility index (Phi) is 19.2. The highest BCUT2D eigenvalue weighted by atomic mass is 28.4. The van der Waals surface area contributed by atoms with Crippen LogP contribution in [0.2, 0.25) is 16.6 Å². The fraction of sp³-hybridized carbons (Fsp3) is 0.732. The SMILES string of the molecule is CCC(=C/[C@H](C)C/C=C/C(C)=C/[C@@H](C)C(=O)[C@@H](C)[C@H](O[Si](C(C)C)(C(C)C)C(C)C)[C@@H](C)CC)/C=C/[C@H]1CC=CC(OC(C)C)O1. The first-order chi connectivity index (χ1) is 21.5. The van der Waals surface area contributed by atoms with Crippen LogP contribution in [0.15, 0.2) is 59.8 Å². The molecule has 0 saturated heterocycles. The van der Waals surface area contributed by atoms with Crippen LogP contribution in [-0.4, -0.2) is 38.7 Å². The number of carbonyl (C=O) groups is 1. The van der Waals surface area contributed by atoms with E-state index in [9.17, 15) is 4.79 Å². The van der Waals surface area contributed by atoms with Gasteiger partial charge in [-0.1, -0.05) is 143 Å². The lowest BCUT2D eigenvalue weighted by Gasteiger charge is -2.47. The molecule has 0 bridgehead atoms. The lowest BCUT2D eigenvalue weighted by molar-refractivity contribution is -0.154. The molecule has 0 aromatic rings. The smallest absolute Gasteiger partial charge is 0.200 e. The summed E-state index contributed by atoms with van der Waals surface area (Å²) < 4.78 is 19.1. The lowest BCUT2D eigenvalue weighted by Crippen LogP contribution is -2.53. The number of hydrogen-bond donors (Lipinski definition) is 0. The van der Waals surface area contributed by atoms with Gasteiger partial charge in [-0.05, 0) is 74.6 Å². The van der Waals surface area contributed by atoms with Gasteiger partial charge in [0, 0.05) is 11.8 Å². The van der Waals surface area contributed by atoms with Gasteiger partial charge in [0.05, 0.1) is 18.3 Å². The fourth-order valence-corrected chi connectivity index (χ4v) is 12.9. The summed E-state index contributed by atoms with van der Waals surface area (Å²) in [5, 5.41) is 0. The second-order valence-electron chi connectivity index (χ2n) is 15.1. The largest absolute Gasteiger partial charge is 0.412 e. The van der Waals surface area contributed by atoms with E-state index in [0.717, 1.165) is 31.3 Å². The van der Waals surface area contributed by atoms with Crippen LogP contribution in [0.1, 0.15) is 130 Å². The highest BCUT2D eigenvalue weighted by molar-refractivity contribution is 6.77. The summed E-state index contributed by atoms with van der Waals surface area (Å²) in [7, 11) is -2.11. The summed E-state index contributed by atoms with van der Waals surface area (Å²) in [5.41, 5.74) is 3.94. The first-order valence-electron chi connectivity index (χ1n) is 18.4. The zero-order valence-corrected chi connectivity index (χ0v) is 33.4. The van der Waals surface area contributed by atoms with E-state index in [4.69, 9.17) is 13.9 Å². The summed E-state index contributed by atoms with van der Waals surface area (Å²) in [6.45, 7) is 33.2. The van der Waals surface area contributed by atoms with E-state index < -0.39 is 8.32 Å². The van der Waals surface area contributed by atoms with Crippen molar-refractivity contribution in [1.82, 2.24) is 0 Å². The molecule has 0 saturated carbocycles. The van der Waals surface area contributed by atoms with Gasteiger partial charge in [0.2, 0.25) is 8.32 Å². The molecule has 1 unspecified atom stereocenters. The molecule has 1 rings (SSSR count). The Balaban J connectivity index is 2.91. The minimum atomic E-state index is -2.11. The van der Waals surface area contributed by atoms with Crippen LogP contribution in [0.4, 0.5) is 0 Å². The molecular weight excluding hydrogens is 585 g/mol. The van der Waals surface area contributed by atoms with Crippen molar-refractivity contribution >= 4 is 14.1 Å². The average Bonchev–Trinajstić information content (AvgIpc) is 2.97. The van der Waals surface area contributed by atoms with E-state index >= 15 is 0 Å². The van der Waals surface area contributed by atoms with Crippen molar-refractivity contribution in [2.45, 2.75) is 171 Å². The predicted octanol–water partition coefficient (Wildman–Crippen LogP) is 12.0. The summed E-state index contributed by atoms with van der Waals surface area (Å²) in [4.78, 5) is 13.8. The Morgan fingerprint density at radius 1 is 0.913 bits per heavy atom. The Labute approximate surface area is 286 Å². The van der Waals surface area contributed by atoms with Crippen LogP contribution >= 0.6 is 0 Å². The molecule has 4 nitrogen and oxygen atoms in total. The van der Waals surface area contributed by atoms with Gasteiger partial charge in [0.15, 0.2) is 6.29 Å². The number of hydrogen-bond acceptors (Lipinski definition) is 4. The van der Waals surface area contributed by atoms with Crippen molar-refractivity contribution in [3.05, 3.63) is 59.8 Å². The van der Waals surface area contributed by atoms with Gasteiger partial charge in [-0.15, -0.1) is 0 Å². The predicted molar refractivity (Wildman–Crippen MR) is 202 cm³/mol. The zero-order chi connectivity index (χ0) is 35.2. The van der Waals surface area contributed by atoms with Crippen LogP contribution < -0.4 is 0 Å². The van der Waals surface area contributed by atoms with Gasteiger partial charge in [-0.2, -0.15) is 0 Å². The van der Waals surface area contributed by atoms with Gasteiger partial charge in [-0.3, -0.25) is 4.79 Å². The molecule has 0 radical (unpaired) electrons. The van der Waals surface area contributed by atoms with Crippen molar-refractivity contribution in [2.75, 3.05) is 0 Å². The molecule has 7 atom stereocenters. The number of Topliss-reactive ketones (excluding diaryl/α,β-unsaturated/α-hetero) is 1. The highest BCUT2D eigenvalue weighted by Gasteiger charge is 2.48. The minimum absolute atomic E-state index is 0.0383. The number of ether oxygens (including phenoxy) is 2. The van der Waals surface area contributed by atoms with Crippen LogP contribution in [0.25, 0.3) is 0 Å². The minimum Gasteiger partial charge on any atom is -0.412 e. The third-order valence-electron chi connectivity index (χ3n) is 9.85. The molecule has 1 aliphatic rings. The van der Waals surface area contributed by atoms with Crippen LogP contribution in [0.3, 0.4) is 0 Å². The third-order valence-corrected chi connectivity index (χ3v) is 15.9. The van der Waals surface area contributed by atoms with Gasteiger partial charge in [0.25, 0.3) is 0 Å². The maximum atomic E-state index is 13.8. The van der Waals surface area contributed by atoms with Crippen molar-refractivity contribution in [2.24, 2.45) is 23.7 Å². The number of ketones is 1. The molecule has 0 aromatic carbocycles. The normalized spacial score (nSPS) is 22.1. The third kappa shape index (κ3) is 13.2. The molecule has 0 aromatic heterocycles. The maximum Gasteiger partial charge on any atom is 0.200 e. The lowest BCUT2D eigenvalue weighted by atomic mass is 9.84. The number of carbonyl (C=O) groups excluding carboxylic acids is 1. The Hall–Kier alpha value is -1.53.